The van der Waals surface area contributed by atoms with E-state index in [-0.39, 0.29) is 6.42 Å². The van der Waals surface area contributed by atoms with Gasteiger partial charge < -0.3 is 9.84 Å². The fourth-order valence-corrected chi connectivity index (χ4v) is 4.80. The minimum atomic E-state index is -0.826. The molecule has 0 aliphatic carbocycles. The highest BCUT2D eigenvalue weighted by Gasteiger charge is 2.15. The summed E-state index contributed by atoms with van der Waals surface area (Å²) in [5.41, 5.74) is 5.07. The topological polar surface area (TPSA) is 46.5 Å². The number of rotatable bonds is 8. The molecule has 0 aliphatic rings. The number of thioether (sulfide) groups is 1. The molecule has 0 saturated heterocycles. The summed E-state index contributed by atoms with van der Waals surface area (Å²) in [7, 11) is 0. The fraction of sp³-hybridized carbons (Fsp3) is 0.115. The molecule has 0 aliphatic heterocycles. The fourth-order valence-electron chi connectivity index (χ4n) is 3.45. The summed E-state index contributed by atoms with van der Waals surface area (Å²) in [5.74, 6) is 0.0100. The van der Waals surface area contributed by atoms with Crippen molar-refractivity contribution in [3.8, 4) is 27.3 Å². The zero-order chi connectivity index (χ0) is 21.6. The third kappa shape index (κ3) is 5.19. The Bertz CT molecular complexity index is 1180. The normalized spacial score (nSPS) is 10.7. The molecule has 31 heavy (non-hydrogen) atoms. The standard InChI is InChI=1S/C26H22O3S2/c1-30-21-10-11-24(29-17-18-6-3-2-4-7-18)23(16-21)22-12-13-31-26(22)20-9-5-8-19(14-20)15-25(27)28/h2-14,16H,15,17H2,1H3,(H,27,28). The summed E-state index contributed by atoms with van der Waals surface area (Å²) in [4.78, 5) is 13.4. The van der Waals surface area contributed by atoms with Crippen molar-refractivity contribution in [2.45, 2.75) is 17.9 Å². The third-order valence-electron chi connectivity index (χ3n) is 4.92. The average molecular weight is 447 g/mol. The van der Waals surface area contributed by atoms with E-state index in [2.05, 4.69) is 42.0 Å². The quantitative estimate of drug-likeness (QED) is 0.296. The van der Waals surface area contributed by atoms with E-state index in [1.54, 1.807) is 23.1 Å². The SMILES string of the molecule is CSc1ccc(OCc2ccccc2)c(-c2ccsc2-c2cccc(CC(=O)O)c2)c1. The third-order valence-corrected chi connectivity index (χ3v) is 6.61. The molecule has 0 bridgehead atoms. The maximum atomic E-state index is 11.1. The van der Waals surface area contributed by atoms with Gasteiger partial charge >= 0.3 is 5.97 Å². The molecular weight excluding hydrogens is 424 g/mol. The van der Waals surface area contributed by atoms with E-state index >= 15 is 0 Å². The molecule has 0 spiro atoms. The predicted molar refractivity (Wildman–Crippen MR) is 129 cm³/mol. The van der Waals surface area contributed by atoms with Gasteiger partial charge in [0.15, 0.2) is 0 Å². The number of aliphatic carboxylic acids is 1. The Morgan fingerprint density at radius 3 is 2.52 bits per heavy atom. The van der Waals surface area contributed by atoms with Crippen molar-refractivity contribution in [3.05, 3.63) is 95.4 Å². The lowest BCUT2D eigenvalue weighted by atomic mass is 10.00. The van der Waals surface area contributed by atoms with Gasteiger partial charge in [-0.1, -0.05) is 48.5 Å². The van der Waals surface area contributed by atoms with Crippen LogP contribution in [0.5, 0.6) is 5.75 Å². The number of hydrogen-bond acceptors (Lipinski definition) is 4. The Kier molecular flexibility index (Phi) is 6.75. The first-order valence-electron chi connectivity index (χ1n) is 9.88. The molecule has 1 N–H and O–H groups in total. The Labute approximate surface area is 190 Å². The largest absolute Gasteiger partial charge is 0.488 e. The van der Waals surface area contributed by atoms with Crippen molar-refractivity contribution in [2.24, 2.45) is 0 Å². The van der Waals surface area contributed by atoms with Crippen molar-refractivity contribution in [2.75, 3.05) is 6.26 Å². The van der Waals surface area contributed by atoms with Crippen molar-refractivity contribution in [3.63, 3.8) is 0 Å². The van der Waals surface area contributed by atoms with Crippen LogP contribution in [-0.4, -0.2) is 17.3 Å². The summed E-state index contributed by atoms with van der Waals surface area (Å²) < 4.78 is 6.23. The molecule has 0 atom stereocenters. The van der Waals surface area contributed by atoms with E-state index in [0.717, 1.165) is 38.4 Å². The van der Waals surface area contributed by atoms with Crippen LogP contribution in [0.4, 0.5) is 0 Å². The van der Waals surface area contributed by atoms with Crippen LogP contribution in [-0.2, 0) is 17.8 Å². The summed E-state index contributed by atoms with van der Waals surface area (Å²) in [6.45, 7) is 0.500. The Balaban J connectivity index is 1.71. The van der Waals surface area contributed by atoms with E-state index in [0.29, 0.717) is 6.61 Å². The Morgan fingerprint density at radius 2 is 1.74 bits per heavy atom. The van der Waals surface area contributed by atoms with Gasteiger partial charge in [-0.3, -0.25) is 4.79 Å². The van der Waals surface area contributed by atoms with Gasteiger partial charge in [-0.15, -0.1) is 23.1 Å². The van der Waals surface area contributed by atoms with Crippen LogP contribution in [0.25, 0.3) is 21.6 Å². The molecule has 0 radical (unpaired) electrons. The molecule has 3 nitrogen and oxygen atoms in total. The predicted octanol–water partition coefficient (Wildman–Crippen LogP) is 7.01. The van der Waals surface area contributed by atoms with Crippen molar-refractivity contribution < 1.29 is 14.6 Å². The molecule has 0 fully saturated rings. The first-order chi connectivity index (χ1) is 15.1. The lowest BCUT2D eigenvalue weighted by molar-refractivity contribution is -0.136. The van der Waals surface area contributed by atoms with Crippen molar-refractivity contribution in [1.29, 1.82) is 0 Å². The number of hydrogen-bond donors (Lipinski definition) is 1. The van der Waals surface area contributed by atoms with Crippen LogP contribution in [0.1, 0.15) is 11.1 Å². The van der Waals surface area contributed by atoms with Crippen LogP contribution < -0.4 is 4.74 Å². The van der Waals surface area contributed by atoms with Crippen LogP contribution in [0, 0.1) is 0 Å². The second-order valence-electron chi connectivity index (χ2n) is 7.07. The molecule has 0 amide bonds. The number of ether oxygens (including phenoxy) is 1. The van der Waals surface area contributed by atoms with Crippen LogP contribution in [0.15, 0.2) is 89.1 Å². The number of benzene rings is 3. The molecule has 4 aromatic rings. The Morgan fingerprint density at radius 1 is 0.935 bits per heavy atom. The molecule has 5 heteroatoms. The molecule has 1 aromatic heterocycles. The van der Waals surface area contributed by atoms with E-state index in [9.17, 15) is 4.79 Å². The van der Waals surface area contributed by atoms with E-state index in [1.165, 1.54) is 4.90 Å². The molecule has 156 valence electrons. The minimum Gasteiger partial charge on any atom is -0.488 e. The van der Waals surface area contributed by atoms with Gasteiger partial charge in [0.2, 0.25) is 0 Å². The van der Waals surface area contributed by atoms with Crippen molar-refractivity contribution >= 4 is 29.1 Å². The monoisotopic (exact) mass is 446 g/mol. The molecule has 1 heterocycles. The first-order valence-corrected chi connectivity index (χ1v) is 12.0. The highest BCUT2D eigenvalue weighted by molar-refractivity contribution is 7.98. The highest BCUT2D eigenvalue weighted by Crippen LogP contribution is 2.42. The smallest absolute Gasteiger partial charge is 0.307 e. The van der Waals surface area contributed by atoms with E-state index < -0.39 is 5.97 Å². The number of carboxylic acid groups (broad SMARTS) is 1. The minimum absolute atomic E-state index is 0.0158. The lowest BCUT2D eigenvalue weighted by Gasteiger charge is -2.14. The van der Waals surface area contributed by atoms with Gasteiger partial charge in [0.1, 0.15) is 12.4 Å². The number of carbonyl (C=O) groups is 1. The van der Waals surface area contributed by atoms with Gasteiger partial charge in [-0.25, -0.2) is 0 Å². The maximum Gasteiger partial charge on any atom is 0.307 e. The Hall–Kier alpha value is -3.02. The zero-order valence-corrected chi connectivity index (χ0v) is 18.7. The summed E-state index contributed by atoms with van der Waals surface area (Å²) in [6, 6.07) is 26.3. The van der Waals surface area contributed by atoms with E-state index in [4.69, 9.17) is 9.84 Å². The molecule has 3 aromatic carbocycles. The van der Waals surface area contributed by atoms with Crippen molar-refractivity contribution in [1.82, 2.24) is 0 Å². The van der Waals surface area contributed by atoms with Gasteiger partial charge in [-0.2, -0.15) is 0 Å². The van der Waals surface area contributed by atoms with Crippen LogP contribution in [0.3, 0.4) is 0 Å². The number of carboxylic acids is 1. The summed E-state index contributed by atoms with van der Waals surface area (Å²) in [5, 5.41) is 11.2. The molecule has 0 unspecified atom stereocenters. The second kappa shape index (κ2) is 9.86. The number of thiophene rings is 1. The molecule has 4 rings (SSSR count). The molecule has 0 saturated carbocycles. The van der Waals surface area contributed by atoms with E-state index in [1.807, 2.05) is 48.5 Å². The van der Waals surface area contributed by atoms with Crippen LogP contribution in [0.2, 0.25) is 0 Å². The highest BCUT2D eigenvalue weighted by atomic mass is 32.2. The van der Waals surface area contributed by atoms with Gasteiger partial charge in [0.05, 0.1) is 6.42 Å². The first kappa shape index (κ1) is 21.2. The summed E-state index contributed by atoms with van der Waals surface area (Å²) >= 11 is 3.35. The zero-order valence-electron chi connectivity index (χ0n) is 17.1. The van der Waals surface area contributed by atoms with Gasteiger partial charge in [0, 0.05) is 20.9 Å². The molecular formula is C26H22O3S2. The lowest BCUT2D eigenvalue weighted by Crippen LogP contribution is -1.99. The maximum absolute atomic E-state index is 11.1. The summed E-state index contributed by atoms with van der Waals surface area (Å²) in [6.07, 6.45) is 2.08. The second-order valence-corrected chi connectivity index (χ2v) is 8.87. The van der Waals surface area contributed by atoms with Gasteiger partial charge in [-0.05, 0) is 58.7 Å². The average Bonchev–Trinajstić information content (AvgIpc) is 3.28. The van der Waals surface area contributed by atoms with Gasteiger partial charge in [0.25, 0.3) is 0 Å². The van der Waals surface area contributed by atoms with Crippen LogP contribution >= 0.6 is 23.1 Å².